The van der Waals surface area contributed by atoms with Crippen molar-refractivity contribution in [2.75, 3.05) is 37.6 Å². The number of rotatable bonds is 5. The molecule has 0 radical (unpaired) electrons. The topological polar surface area (TPSA) is 60.9 Å². The fraction of sp³-hybridized carbons (Fsp3) is 0.667. The molecule has 3 aliphatic rings. The molecule has 154 valence electrons. The number of nitrogens with zero attached hydrogens (tertiary/aromatic N) is 3. The van der Waals surface area contributed by atoms with E-state index >= 15 is 0 Å². The number of anilines is 1. The van der Waals surface area contributed by atoms with Crippen molar-refractivity contribution in [2.45, 2.75) is 56.9 Å². The van der Waals surface area contributed by atoms with Gasteiger partial charge in [-0.15, -0.1) is 0 Å². The van der Waals surface area contributed by atoms with Crippen molar-refractivity contribution < 1.29 is 13.2 Å². The first-order chi connectivity index (χ1) is 13.4. The summed E-state index contributed by atoms with van der Waals surface area (Å²) >= 11 is 0. The van der Waals surface area contributed by atoms with Crippen LogP contribution in [-0.4, -0.2) is 62.3 Å². The largest absolute Gasteiger partial charge is 0.309 e. The Hall–Kier alpha value is -1.44. The van der Waals surface area contributed by atoms with Crippen molar-refractivity contribution >= 4 is 21.6 Å². The van der Waals surface area contributed by atoms with Gasteiger partial charge in [-0.1, -0.05) is 13.3 Å². The van der Waals surface area contributed by atoms with E-state index in [1.165, 1.54) is 0 Å². The summed E-state index contributed by atoms with van der Waals surface area (Å²) in [5.41, 5.74) is 1.88. The number of piperazine rings is 1. The van der Waals surface area contributed by atoms with Crippen molar-refractivity contribution in [3.05, 3.63) is 23.8 Å². The minimum Gasteiger partial charge on any atom is -0.309 e. The third-order valence-corrected chi connectivity index (χ3v) is 8.36. The monoisotopic (exact) mass is 405 g/mol. The Morgan fingerprint density at radius 3 is 2.46 bits per heavy atom. The highest BCUT2D eigenvalue weighted by Crippen LogP contribution is 2.38. The third kappa shape index (κ3) is 3.48. The zero-order valence-corrected chi connectivity index (χ0v) is 17.7. The molecule has 7 heteroatoms. The maximum atomic E-state index is 13.1. The summed E-state index contributed by atoms with van der Waals surface area (Å²) < 4.78 is 27.9. The normalized spacial score (nSPS) is 24.2. The third-order valence-electron chi connectivity index (χ3n) is 6.47. The molecule has 1 saturated heterocycles. The van der Waals surface area contributed by atoms with Crippen molar-refractivity contribution in [1.29, 1.82) is 0 Å². The van der Waals surface area contributed by atoms with Gasteiger partial charge in [0.05, 0.1) is 4.90 Å². The van der Waals surface area contributed by atoms with E-state index in [-0.39, 0.29) is 17.9 Å². The van der Waals surface area contributed by atoms with Crippen LogP contribution in [0.5, 0.6) is 0 Å². The minimum absolute atomic E-state index is 0.0960. The van der Waals surface area contributed by atoms with Gasteiger partial charge in [-0.05, 0) is 62.9 Å². The molecule has 2 fully saturated rings. The van der Waals surface area contributed by atoms with Crippen LogP contribution in [0, 0.1) is 5.92 Å². The van der Waals surface area contributed by atoms with E-state index in [4.69, 9.17) is 0 Å². The predicted molar refractivity (Wildman–Crippen MR) is 110 cm³/mol. The number of fused-ring (bicyclic) bond motifs is 1. The highest BCUT2D eigenvalue weighted by molar-refractivity contribution is 7.89. The van der Waals surface area contributed by atoms with Gasteiger partial charge in [-0.2, -0.15) is 4.31 Å². The number of carbonyl (C=O) groups excluding carboxylic acids is 1. The maximum absolute atomic E-state index is 13.1. The second-order valence-electron chi connectivity index (χ2n) is 8.43. The molecule has 0 spiro atoms. The molecule has 28 heavy (non-hydrogen) atoms. The number of sulfonamides is 1. The molecule has 0 aromatic heterocycles. The Balaban J connectivity index is 1.53. The van der Waals surface area contributed by atoms with Crippen LogP contribution in [0.15, 0.2) is 23.1 Å². The summed E-state index contributed by atoms with van der Waals surface area (Å²) in [6, 6.07) is 5.42. The molecule has 0 bridgehead atoms. The van der Waals surface area contributed by atoms with E-state index in [9.17, 15) is 13.2 Å². The Morgan fingerprint density at radius 2 is 1.86 bits per heavy atom. The maximum Gasteiger partial charge on any atom is 0.243 e. The van der Waals surface area contributed by atoms with Gasteiger partial charge in [0.2, 0.25) is 15.9 Å². The fourth-order valence-corrected chi connectivity index (χ4v) is 6.09. The summed E-state index contributed by atoms with van der Waals surface area (Å²) in [7, 11) is -3.48. The molecule has 4 rings (SSSR count). The average molecular weight is 406 g/mol. The highest BCUT2D eigenvalue weighted by Gasteiger charge is 2.38. The zero-order chi connectivity index (χ0) is 19.9. The second-order valence-corrected chi connectivity index (χ2v) is 10.4. The molecule has 2 aliphatic heterocycles. The highest BCUT2D eigenvalue weighted by atomic mass is 32.2. The first-order valence-electron chi connectivity index (χ1n) is 10.6. The molecule has 1 saturated carbocycles. The zero-order valence-electron chi connectivity index (χ0n) is 16.9. The van der Waals surface area contributed by atoms with E-state index in [1.54, 1.807) is 16.4 Å². The van der Waals surface area contributed by atoms with Gasteiger partial charge in [-0.3, -0.25) is 4.79 Å². The van der Waals surface area contributed by atoms with Gasteiger partial charge in [0.15, 0.2) is 0 Å². The van der Waals surface area contributed by atoms with Crippen molar-refractivity contribution in [1.82, 2.24) is 9.21 Å². The fourth-order valence-electron chi connectivity index (χ4n) is 4.61. The lowest BCUT2D eigenvalue weighted by Crippen LogP contribution is -2.48. The van der Waals surface area contributed by atoms with E-state index in [0.717, 1.165) is 63.0 Å². The molecule has 0 unspecified atom stereocenters. The van der Waals surface area contributed by atoms with Crippen LogP contribution in [0.1, 0.15) is 45.1 Å². The van der Waals surface area contributed by atoms with Crippen LogP contribution in [-0.2, 0) is 21.2 Å². The lowest BCUT2D eigenvalue weighted by atomic mass is 9.84. The predicted octanol–water partition coefficient (Wildman–Crippen LogP) is 2.48. The molecule has 1 aromatic rings. The molecule has 1 aliphatic carbocycles. The number of hydrogen-bond donors (Lipinski definition) is 0. The summed E-state index contributed by atoms with van der Waals surface area (Å²) in [6.45, 7) is 7.89. The standard InChI is InChI=1S/C21H31N3O3S/c1-3-9-22-10-12-23(13-11-22)28(26,27)19-7-8-20-18(15-19)14-16(2)24(20)21(25)17-5-4-6-17/h7-8,15-17H,3-6,9-14H2,1-2H3/t16-/m0/s1. The molecule has 6 nitrogen and oxygen atoms in total. The molecule has 2 heterocycles. The van der Waals surface area contributed by atoms with Crippen LogP contribution < -0.4 is 4.90 Å². The second kappa shape index (κ2) is 7.76. The lowest BCUT2D eigenvalue weighted by Gasteiger charge is -2.34. The minimum atomic E-state index is -3.48. The Bertz CT molecular complexity index is 842. The van der Waals surface area contributed by atoms with E-state index < -0.39 is 10.0 Å². The number of hydrogen-bond acceptors (Lipinski definition) is 4. The summed E-state index contributed by atoms with van der Waals surface area (Å²) in [6.07, 6.45) is 4.91. The first kappa shape index (κ1) is 19.9. The van der Waals surface area contributed by atoms with Crippen molar-refractivity contribution in [3.63, 3.8) is 0 Å². The smallest absolute Gasteiger partial charge is 0.243 e. The molecule has 1 amide bonds. The van der Waals surface area contributed by atoms with E-state index in [0.29, 0.717) is 18.0 Å². The number of carbonyl (C=O) groups is 1. The van der Waals surface area contributed by atoms with Crippen LogP contribution in [0.4, 0.5) is 5.69 Å². The molecular weight excluding hydrogens is 374 g/mol. The van der Waals surface area contributed by atoms with Crippen LogP contribution in [0.2, 0.25) is 0 Å². The SMILES string of the molecule is CCCN1CCN(S(=O)(=O)c2ccc3c(c2)C[C@H](C)N3C(=O)C2CCC2)CC1. The van der Waals surface area contributed by atoms with Crippen molar-refractivity contribution in [3.8, 4) is 0 Å². The molecule has 1 aromatic carbocycles. The Labute approximate surface area is 168 Å². The number of amides is 1. The van der Waals surface area contributed by atoms with Gasteiger partial charge in [0.25, 0.3) is 0 Å². The van der Waals surface area contributed by atoms with Crippen LogP contribution in [0.25, 0.3) is 0 Å². The van der Waals surface area contributed by atoms with Crippen LogP contribution >= 0.6 is 0 Å². The van der Waals surface area contributed by atoms with Gasteiger partial charge in [-0.25, -0.2) is 8.42 Å². The summed E-state index contributed by atoms with van der Waals surface area (Å²) in [4.78, 5) is 17.4. The Morgan fingerprint density at radius 1 is 1.14 bits per heavy atom. The van der Waals surface area contributed by atoms with Gasteiger partial charge in [0, 0.05) is 43.8 Å². The van der Waals surface area contributed by atoms with E-state index in [1.807, 2.05) is 11.0 Å². The van der Waals surface area contributed by atoms with Gasteiger partial charge in [0.1, 0.15) is 0 Å². The summed E-state index contributed by atoms with van der Waals surface area (Å²) in [5.74, 6) is 0.358. The molecule has 0 N–H and O–H groups in total. The quantitative estimate of drug-likeness (QED) is 0.755. The Kier molecular flexibility index (Phi) is 5.51. The average Bonchev–Trinajstić information content (AvgIpc) is 2.95. The molecular formula is C21H31N3O3S. The number of benzene rings is 1. The van der Waals surface area contributed by atoms with Gasteiger partial charge >= 0.3 is 0 Å². The van der Waals surface area contributed by atoms with Crippen LogP contribution in [0.3, 0.4) is 0 Å². The van der Waals surface area contributed by atoms with Crippen molar-refractivity contribution in [2.24, 2.45) is 5.92 Å². The lowest BCUT2D eigenvalue weighted by molar-refractivity contribution is -0.125. The molecule has 1 atom stereocenters. The first-order valence-corrected chi connectivity index (χ1v) is 12.0. The van der Waals surface area contributed by atoms with E-state index in [2.05, 4.69) is 18.7 Å². The summed E-state index contributed by atoms with van der Waals surface area (Å²) in [5, 5.41) is 0. The van der Waals surface area contributed by atoms with Gasteiger partial charge < -0.3 is 9.80 Å².